The van der Waals surface area contributed by atoms with Crippen molar-refractivity contribution in [2.45, 2.75) is 19.4 Å². The maximum absolute atomic E-state index is 10.5. The first kappa shape index (κ1) is 8.80. The number of hydrogen-bond donors (Lipinski definition) is 2. The Morgan fingerprint density at radius 3 is 3.29 bits per heavy atom. The summed E-state index contributed by atoms with van der Waals surface area (Å²) in [5.41, 5.74) is 9.15. The lowest BCUT2D eigenvalue weighted by molar-refractivity contribution is 0.249. The van der Waals surface area contributed by atoms with Crippen LogP contribution in [-0.4, -0.2) is 16.3 Å². The summed E-state index contributed by atoms with van der Waals surface area (Å²) in [5.74, 6) is 0. The number of urea groups is 1. The Balaban J connectivity index is 2.23. The van der Waals surface area contributed by atoms with Crippen LogP contribution >= 0.6 is 0 Å². The van der Waals surface area contributed by atoms with Gasteiger partial charge in [0.25, 0.3) is 0 Å². The van der Waals surface area contributed by atoms with Crippen molar-refractivity contribution in [3.63, 3.8) is 0 Å². The predicted molar refractivity (Wildman–Crippen MR) is 52.9 cm³/mol. The number of carbonyl (C=O) groups is 1. The van der Waals surface area contributed by atoms with Gasteiger partial charge in [0.2, 0.25) is 0 Å². The maximum Gasteiger partial charge on any atom is 0.332 e. The number of nitrogens with zero attached hydrogens (tertiary/aromatic N) is 2. The van der Waals surface area contributed by atoms with Gasteiger partial charge in [0, 0.05) is 12.7 Å². The second-order valence-electron chi connectivity index (χ2n) is 3.22. The van der Waals surface area contributed by atoms with Crippen LogP contribution in [0.1, 0.15) is 18.5 Å². The maximum atomic E-state index is 10.5. The van der Waals surface area contributed by atoms with Crippen molar-refractivity contribution >= 4 is 11.7 Å². The molecule has 0 aromatic carbocycles. The number of aromatic nitrogens is 1. The molecule has 2 amide bonds. The van der Waals surface area contributed by atoms with Crippen molar-refractivity contribution in [3.05, 3.63) is 24.0 Å². The molecule has 1 aliphatic rings. The van der Waals surface area contributed by atoms with Gasteiger partial charge in [-0.3, -0.25) is 0 Å². The number of amides is 2. The molecule has 0 bridgehead atoms. The van der Waals surface area contributed by atoms with Gasteiger partial charge in [-0.25, -0.2) is 10.2 Å². The molecule has 5 nitrogen and oxygen atoms in total. The molecular weight excluding hydrogens is 180 g/mol. The largest absolute Gasteiger partial charge is 0.350 e. The van der Waals surface area contributed by atoms with E-state index in [0.29, 0.717) is 0 Å². The van der Waals surface area contributed by atoms with E-state index < -0.39 is 6.03 Å². The van der Waals surface area contributed by atoms with E-state index in [1.54, 1.807) is 0 Å². The van der Waals surface area contributed by atoms with E-state index in [9.17, 15) is 4.79 Å². The third kappa shape index (κ3) is 1.61. The molecule has 1 aromatic rings. The first-order chi connectivity index (χ1) is 6.77. The Bertz CT molecular complexity index is 380. The molecule has 74 valence electrons. The molecule has 2 rings (SSSR count). The fourth-order valence-electron chi connectivity index (χ4n) is 1.65. The molecule has 14 heavy (non-hydrogen) atoms. The summed E-state index contributed by atoms with van der Waals surface area (Å²) >= 11 is 0. The van der Waals surface area contributed by atoms with Gasteiger partial charge < -0.3 is 10.3 Å². The quantitative estimate of drug-likeness (QED) is 0.630. The Morgan fingerprint density at radius 1 is 1.64 bits per heavy atom. The van der Waals surface area contributed by atoms with Crippen LogP contribution in [0.3, 0.4) is 0 Å². The van der Waals surface area contributed by atoms with E-state index in [1.165, 1.54) is 0 Å². The molecule has 0 unspecified atom stereocenters. The molecule has 3 N–H and O–H groups in total. The standard InChI is InChI=1S/C9H12N4O/c10-9(14)12-11-7-3-1-5-13-6-2-4-8(7)13/h2,4,6H,1,3,5H2,(H3,10,12,14)/b11-7+. The van der Waals surface area contributed by atoms with Gasteiger partial charge >= 0.3 is 6.03 Å². The number of fused-ring (bicyclic) bond motifs is 1. The SMILES string of the molecule is NC(=O)N/N=C1\CCCn2cccc21. The van der Waals surface area contributed by atoms with Crippen LogP contribution < -0.4 is 11.2 Å². The molecule has 0 saturated carbocycles. The van der Waals surface area contributed by atoms with Crippen LogP contribution in [0.15, 0.2) is 23.4 Å². The van der Waals surface area contributed by atoms with Crippen molar-refractivity contribution < 1.29 is 4.79 Å². The lowest BCUT2D eigenvalue weighted by Crippen LogP contribution is -2.27. The Kier molecular flexibility index (Phi) is 2.22. The normalized spacial score (nSPS) is 17.9. The third-order valence-electron chi connectivity index (χ3n) is 2.24. The van der Waals surface area contributed by atoms with E-state index >= 15 is 0 Å². The Morgan fingerprint density at radius 2 is 2.50 bits per heavy atom. The van der Waals surface area contributed by atoms with Gasteiger partial charge in [0.15, 0.2) is 0 Å². The zero-order chi connectivity index (χ0) is 9.97. The molecule has 0 radical (unpaired) electrons. The van der Waals surface area contributed by atoms with E-state index in [-0.39, 0.29) is 0 Å². The van der Waals surface area contributed by atoms with Gasteiger partial charge in [0.1, 0.15) is 0 Å². The lowest BCUT2D eigenvalue weighted by Gasteiger charge is -2.16. The van der Waals surface area contributed by atoms with Gasteiger partial charge in [0.05, 0.1) is 11.4 Å². The number of carbonyl (C=O) groups excluding carboxylic acids is 1. The van der Waals surface area contributed by atoms with Crippen molar-refractivity contribution in [3.8, 4) is 0 Å². The van der Waals surface area contributed by atoms with E-state index in [1.807, 2.05) is 18.3 Å². The number of nitrogens with one attached hydrogen (secondary N) is 1. The second-order valence-corrected chi connectivity index (χ2v) is 3.22. The summed E-state index contributed by atoms with van der Waals surface area (Å²) in [7, 11) is 0. The molecular formula is C9H12N4O. The first-order valence-electron chi connectivity index (χ1n) is 4.55. The summed E-state index contributed by atoms with van der Waals surface area (Å²) in [6.45, 7) is 1.01. The number of rotatable bonds is 1. The minimum Gasteiger partial charge on any atom is -0.350 e. The van der Waals surface area contributed by atoms with Crippen molar-refractivity contribution in [2.24, 2.45) is 10.8 Å². The van der Waals surface area contributed by atoms with Crippen LogP contribution in [0.25, 0.3) is 0 Å². The van der Waals surface area contributed by atoms with Crippen molar-refractivity contribution in [2.75, 3.05) is 0 Å². The number of primary amides is 1. The highest BCUT2D eigenvalue weighted by molar-refractivity contribution is 6.00. The Hall–Kier alpha value is -1.78. The number of aryl methyl sites for hydroxylation is 1. The monoisotopic (exact) mass is 192 g/mol. The molecule has 0 aliphatic carbocycles. The highest BCUT2D eigenvalue weighted by Crippen LogP contribution is 2.15. The van der Waals surface area contributed by atoms with E-state index in [2.05, 4.69) is 15.1 Å². The van der Waals surface area contributed by atoms with Crippen LogP contribution in [0, 0.1) is 0 Å². The highest BCUT2D eigenvalue weighted by atomic mass is 16.2. The average molecular weight is 192 g/mol. The van der Waals surface area contributed by atoms with Gasteiger partial charge in [-0.05, 0) is 25.0 Å². The molecule has 2 heterocycles. The van der Waals surface area contributed by atoms with Crippen molar-refractivity contribution in [1.29, 1.82) is 0 Å². The van der Waals surface area contributed by atoms with E-state index in [0.717, 1.165) is 30.8 Å². The lowest BCUT2D eigenvalue weighted by atomic mass is 10.1. The summed E-state index contributed by atoms with van der Waals surface area (Å²) in [4.78, 5) is 10.5. The average Bonchev–Trinajstić information content (AvgIpc) is 2.62. The molecule has 5 heteroatoms. The van der Waals surface area contributed by atoms with Crippen LogP contribution in [0.5, 0.6) is 0 Å². The van der Waals surface area contributed by atoms with Crippen LogP contribution in [0.4, 0.5) is 4.79 Å². The van der Waals surface area contributed by atoms with Crippen LogP contribution in [0.2, 0.25) is 0 Å². The fourth-order valence-corrected chi connectivity index (χ4v) is 1.65. The highest BCUT2D eigenvalue weighted by Gasteiger charge is 2.14. The van der Waals surface area contributed by atoms with Crippen LogP contribution in [-0.2, 0) is 6.54 Å². The minimum absolute atomic E-state index is 0.624. The van der Waals surface area contributed by atoms with Gasteiger partial charge in [-0.2, -0.15) is 5.10 Å². The third-order valence-corrected chi connectivity index (χ3v) is 2.24. The second kappa shape index (κ2) is 3.53. The number of nitrogens with two attached hydrogens (primary N) is 1. The fraction of sp³-hybridized carbons (Fsp3) is 0.333. The first-order valence-corrected chi connectivity index (χ1v) is 4.55. The Labute approximate surface area is 81.6 Å². The topological polar surface area (TPSA) is 72.4 Å². The molecule has 1 aromatic heterocycles. The molecule has 1 aliphatic heterocycles. The minimum atomic E-state index is -0.624. The molecule has 0 saturated heterocycles. The summed E-state index contributed by atoms with van der Waals surface area (Å²) < 4.78 is 2.12. The number of hydrazone groups is 1. The zero-order valence-corrected chi connectivity index (χ0v) is 7.73. The smallest absolute Gasteiger partial charge is 0.332 e. The number of hydrogen-bond acceptors (Lipinski definition) is 2. The molecule has 0 spiro atoms. The van der Waals surface area contributed by atoms with Gasteiger partial charge in [-0.1, -0.05) is 0 Å². The van der Waals surface area contributed by atoms with Crippen molar-refractivity contribution in [1.82, 2.24) is 9.99 Å². The molecule has 0 fully saturated rings. The summed E-state index contributed by atoms with van der Waals surface area (Å²) in [5, 5.41) is 3.97. The predicted octanol–water partition coefficient (Wildman–Crippen LogP) is 0.654. The van der Waals surface area contributed by atoms with Gasteiger partial charge in [-0.15, -0.1) is 0 Å². The van der Waals surface area contributed by atoms with E-state index in [4.69, 9.17) is 5.73 Å². The summed E-state index contributed by atoms with van der Waals surface area (Å²) in [6, 6.07) is 3.34. The molecule has 0 atom stereocenters. The summed E-state index contributed by atoms with van der Waals surface area (Å²) in [6.07, 6.45) is 3.93. The zero-order valence-electron chi connectivity index (χ0n) is 7.73.